The van der Waals surface area contributed by atoms with Crippen molar-refractivity contribution in [3.63, 3.8) is 0 Å². The number of amides is 3. The Hall–Kier alpha value is -4.73. The monoisotopic (exact) mass is 629 g/mol. The molecule has 0 aliphatic rings. The molecular weight excluding hydrogens is 598 g/mol. The number of halogens is 1. The topological polar surface area (TPSA) is 106 Å². The van der Waals surface area contributed by atoms with Crippen molar-refractivity contribution in [2.45, 2.75) is 24.0 Å². The number of hydrogen-bond acceptors (Lipinski definition) is 6. The SMILES string of the molecule is COc1ccc(/C=C(/NC(=O)c2ccccc2)C(=O)Nc2cccc(SC(C)C(=O)Nc3cccc(Cl)c3C)c2)c(OC)c1. The summed E-state index contributed by atoms with van der Waals surface area (Å²) in [7, 11) is 3.05. The molecule has 4 aromatic carbocycles. The van der Waals surface area contributed by atoms with Gasteiger partial charge in [0.05, 0.1) is 19.5 Å². The maximum atomic E-state index is 13.6. The molecule has 10 heteroatoms. The molecular formula is C34H32ClN3O5S. The number of nitrogens with one attached hydrogen (secondary N) is 3. The van der Waals surface area contributed by atoms with E-state index >= 15 is 0 Å². The van der Waals surface area contributed by atoms with E-state index in [1.165, 1.54) is 24.9 Å². The van der Waals surface area contributed by atoms with E-state index < -0.39 is 17.1 Å². The molecule has 0 heterocycles. The maximum absolute atomic E-state index is 13.6. The van der Waals surface area contributed by atoms with Gasteiger partial charge in [-0.2, -0.15) is 0 Å². The largest absolute Gasteiger partial charge is 0.497 e. The normalized spacial score (nSPS) is 11.7. The van der Waals surface area contributed by atoms with Crippen molar-refractivity contribution in [1.29, 1.82) is 0 Å². The van der Waals surface area contributed by atoms with E-state index in [9.17, 15) is 14.4 Å². The molecule has 4 rings (SSSR count). The third-order valence-corrected chi connectivity index (χ3v) is 8.07. The summed E-state index contributed by atoms with van der Waals surface area (Å²) in [5, 5.41) is 8.65. The molecule has 0 spiro atoms. The second kappa shape index (κ2) is 15.1. The molecule has 3 N–H and O–H groups in total. The Kier molecular flexibility index (Phi) is 11.1. The molecule has 226 valence electrons. The van der Waals surface area contributed by atoms with Crippen molar-refractivity contribution in [1.82, 2.24) is 5.32 Å². The van der Waals surface area contributed by atoms with Crippen LogP contribution in [0.3, 0.4) is 0 Å². The van der Waals surface area contributed by atoms with E-state index in [0.717, 1.165) is 10.5 Å². The zero-order chi connectivity index (χ0) is 31.6. The molecule has 4 aromatic rings. The van der Waals surface area contributed by atoms with Gasteiger partial charge in [-0.25, -0.2) is 0 Å². The van der Waals surface area contributed by atoms with Gasteiger partial charge in [-0.15, -0.1) is 11.8 Å². The fraction of sp³-hybridized carbons (Fsp3) is 0.147. The fourth-order valence-corrected chi connectivity index (χ4v) is 5.22. The van der Waals surface area contributed by atoms with Crippen LogP contribution in [-0.4, -0.2) is 37.2 Å². The summed E-state index contributed by atoms with van der Waals surface area (Å²) < 4.78 is 10.8. The van der Waals surface area contributed by atoms with Gasteiger partial charge in [0.1, 0.15) is 17.2 Å². The van der Waals surface area contributed by atoms with Crippen LogP contribution in [-0.2, 0) is 9.59 Å². The third kappa shape index (κ3) is 8.43. The average molecular weight is 630 g/mol. The number of thioether (sulfide) groups is 1. The molecule has 1 unspecified atom stereocenters. The van der Waals surface area contributed by atoms with Gasteiger partial charge in [0, 0.05) is 38.5 Å². The van der Waals surface area contributed by atoms with E-state index in [1.54, 1.807) is 99.0 Å². The molecule has 0 aliphatic heterocycles. The Morgan fingerprint density at radius 3 is 2.34 bits per heavy atom. The molecule has 3 amide bonds. The highest BCUT2D eigenvalue weighted by Gasteiger charge is 2.19. The summed E-state index contributed by atoms with van der Waals surface area (Å²) in [6.07, 6.45) is 1.54. The van der Waals surface area contributed by atoms with Crippen molar-refractivity contribution < 1.29 is 23.9 Å². The number of rotatable bonds is 11. The summed E-state index contributed by atoms with van der Waals surface area (Å²) >= 11 is 7.53. The van der Waals surface area contributed by atoms with Gasteiger partial charge in [-0.05, 0) is 80.1 Å². The Morgan fingerprint density at radius 2 is 1.61 bits per heavy atom. The lowest BCUT2D eigenvalue weighted by Crippen LogP contribution is -2.30. The van der Waals surface area contributed by atoms with Crippen LogP contribution >= 0.6 is 23.4 Å². The number of hydrogen-bond donors (Lipinski definition) is 3. The lowest BCUT2D eigenvalue weighted by molar-refractivity contribution is -0.115. The molecule has 0 fully saturated rings. The number of methoxy groups -OCH3 is 2. The molecule has 0 bridgehead atoms. The highest BCUT2D eigenvalue weighted by Crippen LogP contribution is 2.29. The van der Waals surface area contributed by atoms with Crippen molar-refractivity contribution in [2.75, 3.05) is 24.9 Å². The van der Waals surface area contributed by atoms with Gasteiger partial charge in [0.25, 0.3) is 11.8 Å². The highest BCUT2D eigenvalue weighted by atomic mass is 35.5. The van der Waals surface area contributed by atoms with Crippen molar-refractivity contribution in [2.24, 2.45) is 0 Å². The lowest BCUT2D eigenvalue weighted by atomic mass is 10.1. The highest BCUT2D eigenvalue weighted by molar-refractivity contribution is 8.00. The number of anilines is 2. The zero-order valence-corrected chi connectivity index (χ0v) is 26.2. The summed E-state index contributed by atoms with van der Waals surface area (Å²) in [4.78, 5) is 40.3. The van der Waals surface area contributed by atoms with Crippen LogP contribution in [0.2, 0.25) is 5.02 Å². The van der Waals surface area contributed by atoms with Gasteiger partial charge in [0.2, 0.25) is 5.91 Å². The average Bonchev–Trinajstić information content (AvgIpc) is 3.03. The van der Waals surface area contributed by atoms with E-state index in [0.29, 0.717) is 39.0 Å². The van der Waals surface area contributed by atoms with Crippen LogP contribution in [0.25, 0.3) is 6.08 Å². The molecule has 0 saturated carbocycles. The van der Waals surface area contributed by atoms with Gasteiger partial charge in [0.15, 0.2) is 0 Å². The Morgan fingerprint density at radius 1 is 0.864 bits per heavy atom. The minimum Gasteiger partial charge on any atom is -0.497 e. The van der Waals surface area contributed by atoms with Crippen LogP contribution < -0.4 is 25.4 Å². The van der Waals surface area contributed by atoms with Gasteiger partial charge >= 0.3 is 0 Å². The Bertz CT molecular complexity index is 1690. The number of benzene rings is 4. The second-order valence-electron chi connectivity index (χ2n) is 9.63. The van der Waals surface area contributed by atoms with E-state index in [2.05, 4.69) is 16.0 Å². The standard InChI is InChI=1S/C34H32ClN3O5S/c1-21-28(35)14-9-15-29(21)37-32(39)22(2)44-27-13-8-12-25(19-27)36-34(41)30(38-33(40)23-10-6-5-7-11-23)18-24-16-17-26(42-3)20-31(24)43-4/h5-20,22H,1-4H3,(H,36,41)(H,37,39)(H,38,40)/b30-18+. The fourth-order valence-electron chi connectivity index (χ4n) is 4.12. The van der Waals surface area contributed by atoms with E-state index in [1.807, 2.05) is 13.0 Å². The minimum absolute atomic E-state index is 0.00464. The molecule has 44 heavy (non-hydrogen) atoms. The number of carbonyl (C=O) groups excluding carboxylic acids is 3. The minimum atomic E-state index is -0.545. The summed E-state index contributed by atoms with van der Waals surface area (Å²) in [5.74, 6) is -0.132. The lowest BCUT2D eigenvalue weighted by Gasteiger charge is -2.15. The van der Waals surface area contributed by atoms with Crippen LogP contribution in [0.5, 0.6) is 11.5 Å². The van der Waals surface area contributed by atoms with Gasteiger partial charge < -0.3 is 25.4 Å². The molecule has 0 saturated heterocycles. The predicted octanol–water partition coefficient (Wildman–Crippen LogP) is 7.19. The van der Waals surface area contributed by atoms with Crippen LogP contribution in [0.15, 0.2) is 102 Å². The van der Waals surface area contributed by atoms with Gasteiger partial charge in [-0.3, -0.25) is 14.4 Å². The van der Waals surface area contributed by atoms with Crippen molar-refractivity contribution in [3.05, 3.63) is 118 Å². The van der Waals surface area contributed by atoms with E-state index in [4.69, 9.17) is 21.1 Å². The summed E-state index contributed by atoms with van der Waals surface area (Å²) in [6, 6.07) is 26.2. The first-order valence-corrected chi connectivity index (χ1v) is 14.9. The molecule has 1 atom stereocenters. The van der Waals surface area contributed by atoms with Crippen LogP contribution in [0.4, 0.5) is 11.4 Å². The molecule has 0 aromatic heterocycles. The first kappa shape index (κ1) is 32.2. The van der Waals surface area contributed by atoms with Crippen LogP contribution in [0.1, 0.15) is 28.4 Å². The molecule has 0 aliphatic carbocycles. The quantitative estimate of drug-likeness (QED) is 0.120. The smallest absolute Gasteiger partial charge is 0.272 e. The number of ether oxygens (including phenoxy) is 2. The van der Waals surface area contributed by atoms with Crippen LogP contribution in [0, 0.1) is 6.92 Å². The predicted molar refractivity (Wildman–Crippen MR) is 177 cm³/mol. The first-order valence-electron chi connectivity index (χ1n) is 13.6. The Labute approximate surface area is 265 Å². The molecule has 8 nitrogen and oxygen atoms in total. The first-order chi connectivity index (χ1) is 21.2. The molecule has 0 radical (unpaired) electrons. The van der Waals surface area contributed by atoms with Crippen molar-refractivity contribution >= 4 is 58.5 Å². The third-order valence-electron chi connectivity index (χ3n) is 6.57. The summed E-state index contributed by atoms with van der Waals surface area (Å²) in [5.41, 5.74) is 2.89. The maximum Gasteiger partial charge on any atom is 0.272 e. The van der Waals surface area contributed by atoms with Crippen molar-refractivity contribution in [3.8, 4) is 11.5 Å². The zero-order valence-electron chi connectivity index (χ0n) is 24.6. The number of carbonyl (C=O) groups is 3. The van der Waals surface area contributed by atoms with Gasteiger partial charge in [-0.1, -0.05) is 41.9 Å². The summed E-state index contributed by atoms with van der Waals surface area (Å²) in [6.45, 7) is 3.64. The Balaban J connectivity index is 1.53. The van der Waals surface area contributed by atoms with E-state index in [-0.39, 0.29) is 11.6 Å². The second-order valence-corrected chi connectivity index (χ2v) is 11.5.